The molecule has 4 N–H and O–H groups in total. The molecule has 0 aliphatic rings. The molecule has 5 heteroatoms. The molecule has 2 rings (SSSR count). The van der Waals surface area contributed by atoms with Gasteiger partial charge in [0.15, 0.2) is 0 Å². The largest absolute Gasteiger partial charge is 0.408 e. The molecule has 0 atom stereocenters. The van der Waals surface area contributed by atoms with Crippen LogP contribution in [0.3, 0.4) is 0 Å². The van der Waals surface area contributed by atoms with Crippen LogP contribution in [0.2, 0.25) is 0 Å². The molecular formula is C11H11N3O2. The molecule has 16 heavy (non-hydrogen) atoms. The number of fused-ring (bicyclic) bond motifs is 1. The van der Waals surface area contributed by atoms with Crippen molar-refractivity contribution in [3.8, 4) is 0 Å². The third-order valence-corrected chi connectivity index (χ3v) is 2.31. The van der Waals surface area contributed by atoms with E-state index in [1.165, 1.54) is 0 Å². The predicted molar refractivity (Wildman–Crippen MR) is 61.6 cm³/mol. The van der Waals surface area contributed by atoms with Crippen LogP contribution in [0.4, 0.5) is 5.69 Å². The van der Waals surface area contributed by atoms with Crippen LogP contribution in [-0.4, -0.2) is 16.4 Å². The maximum Gasteiger partial charge on any atom is 0.261 e. The summed E-state index contributed by atoms with van der Waals surface area (Å²) in [5.74, 6) is -0.378. The van der Waals surface area contributed by atoms with Crippen LogP contribution in [0.25, 0.3) is 10.8 Å². The summed E-state index contributed by atoms with van der Waals surface area (Å²) in [7, 11) is 0. The van der Waals surface area contributed by atoms with Crippen LogP contribution < -0.4 is 10.8 Å². The molecule has 0 radical (unpaired) electrons. The first-order valence-electron chi connectivity index (χ1n) is 4.68. The maximum absolute atomic E-state index is 9.70. The smallest absolute Gasteiger partial charge is 0.261 e. The van der Waals surface area contributed by atoms with E-state index in [0.29, 0.717) is 10.8 Å². The maximum atomic E-state index is 9.70. The third-order valence-electron chi connectivity index (χ3n) is 2.31. The van der Waals surface area contributed by atoms with Crippen molar-refractivity contribution >= 4 is 22.4 Å². The van der Waals surface area contributed by atoms with Crippen molar-refractivity contribution in [3.05, 3.63) is 42.5 Å². The minimum Gasteiger partial charge on any atom is -0.408 e. The summed E-state index contributed by atoms with van der Waals surface area (Å²) in [5.41, 5.74) is 5.78. The summed E-state index contributed by atoms with van der Waals surface area (Å²) in [6, 6.07) is 12.9. The van der Waals surface area contributed by atoms with E-state index in [0.717, 1.165) is 10.8 Å². The van der Waals surface area contributed by atoms with Crippen molar-refractivity contribution < 1.29 is 10.4 Å². The van der Waals surface area contributed by atoms with Crippen LogP contribution in [0.1, 0.15) is 0 Å². The highest BCUT2D eigenvalue weighted by Crippen LogP contribution is 2.25. The summed E-state index contributed by atoms with van der Waals surface area (Å²) < 4.78 is 0. The van der Waals surface area contributed by atoms with Gasteiger partial charge in [0.1, 0.15) is 0 Å². The fourth-order valence-electron chi connectivity index (χ4n) is 1.56. The molecule has 5 nitrogen and oxygen atoms in total. The second kappa shape index (κ2) is 4.08. The van der Waals surface area contributed by atoms with E-state index in [4.69, 9.17) is 10.9 Å². The van der Waals surface area contributed by atoms with Gasteiger partial charge in [0.25, 0.3) is 5.96 Å². The van der Waals surface area contributed by atoms with Crippen molar-refractivity contribution in [1.82, 2.24) is 0 Å². The van der Waals surface area contributed by atoms with Gasteiger partial charge in [-0.1, -0.05) is 36.4 Å². The second-order valence-electron chi connectivity index (χ2n) is 3.27. The standard InChI is InChI=1S/C11H11N3O2/c12-11(13-15)14(16)10-7-3-5-8-4-1-2-6-9(8)10/h1-7,15-16H,(H2,12,13). The van der Waals surface area contributed by atoms with Gasteiger partial charge in [-0.3, -0.25) is 5.21 Å². The van der Waals surface area contributed by atoms with Crippen LogP contribution in [0.5, 0.6) is 0 Å². The Bertz CT molecular complexity index is 534. The van der Waals surface area contributed by atoms with Crippen molar-refractivity contribution in [3.63, 3.8) is 0 Å². The zero-order valence-corrected chi connectivity index (χ0v) is 8.41. The predicted octanol–water partition coefficient (Wildman–Crippen LogP) is 1.74. The summed E-state index contributed by atoms with van der Waals surface area (Å²) in [6.45, 7) is 0. The highest BCUT2D eigenvalue weighted by molar-refractivity contribution is 6.02. The molecule has 0 fully saturated rings. The number of guanidine groups is 1. The quantitative estimate of drug-likeness (QED) is 0.294. The van der Waals surface area contributed by atoms with E-state index in [1.807, 2.05) is 30.3 Å². The first-order chi connectivity index (χ1) is 7.74. The van der Waals surface area contributed by atoms with Crippen LogP contribution in [0.15, 0.2) is 47.6 Å². The van der Waals surface area contributed by atoms with Gasteiger partial charge in [0, 0.05) is 5.39 Å². The van der Waals surface area contributed by atoms with Gasteiger partial charge in [-0.05, 0) is 16.6 Å². The number of benzene rings is 2. The van der Waals surface area contributed by atoms with Gasteiger partial charge in [-0.2, -0.15) is 5.06 Å². The number of rotatable bonds is 1. The number of nitrogens with two attached hydrogens (primary N) is 1. The van der Waals surface area contributed by atoms with Crippen LogP contribution in [-0.2, 0) is 0 Å². The summed E-state index contributed by atoms with van der Waals surface area (Å²) in [5, 5.41) is 23.4. The van der Waals surface area contributed by atoms with Gasteiger partial charge in [0.2, 0.25) is 0 Å². The van der Waals surface area contributed by atoms with Crippen molar-refractivity contribution in [2.45, 2.75) is 0 Å². The average molecular weight is 217 g/mol. The van der Waals surface area contributed by atoms with Crippen molar-refractivity contribution in [2.75, 3.05) is 5.06 Å². The highest BCUT2D eigenvalue weighted by atomic mass is 16.5. The topological polar surface area (TPSA) is 82.1 Å². The van der Waals surface area contributed by atoms with E-state index in [1.54, 1.807) is 12.1 Å². The number of oxime groups is 1. The average Bonchev–Trinajstić information content (AvgIpc) is 2.36. The summed E-state index contributed by atoms with van der Waals surface area (Å²) in [6.07, 6.45) is 0. The Morgan fingerprint density at radius 3 is 2.56 bits per heavy atom. The van der Waals surface area contributed by atoms with E-state index in [2.05, 4.69) is 5.16 Å². The number of hydrogen-bond donors (Lipinski definition) is 3. The normalized spacial score (nSPS) is 11.7. The van der Waals surface area contributed by atoms with Crippen LogP contribution >= 0.6 is 0 Å². The number of nitrogens with zero attached hydrogens (tertiary/aromatic N) is 2. The number of anilines is 1. The molecule has 0 bridgehead atoms. The zero-order chi connectivity index (χ0) is 11.5. The lowest BCUT2D eigenvalue weighted by Gasteiger charge is -2.16. The molecule has 2 aromatic rings. The van der Waals surface area contributed by atoms with Crippen LogP contribution in [0, 0.1) is 0 Å². The molecule has 0 aliphatic heterocycles. The fourth-order valence-corrected chi connectivity index (χ4v) is 1.56. The minimum atomic E-state index is -0.378. The Kier molecular flexibility index (Phi) is 2.61. The van der Waals surface area contributed by atoms with Gasteiger partial charge in [0.05, 0.1) is 5.69 Å². The number of hydrogen-bond acceptors (Lipinski definition) is 3. The van der Waals surface area contributed by atoms with Gasteiger partial charge in [-0.15, -0.1) is 0 Å². The Morgan fingerprint density at radius 2 is 1.81 bits per heavy atom. The monoisotopic (exact) mass is 217 g/mol. The first kappa shape index (κ1) is 10.3. The molecular weight excluding hydrogens is 206 g/mol. The molecule has 0 spiro atoms. The molecule has 82 valence electrons. The van der Waals surface area contributed by atoms with E-state index >= 15 is 0 Å². The molecule has 0 saturated carbocycles. The van der Waals surface area contributed by atoms with Gasteiger partial charge in [-0.25, -0.2) is 0 Å². The summed E-state index contributed by atoms with van der Waals surface area (Å²) in [4.78, 5) is 0. The SMILES string of the molecule is NC(=NO)N(O)c1cccc2ccccc12. The Labute approximate surface area is 92.0 Å². The lowest BCUT2D eigenvalue weighted by molar-refractivity contribution is 0.283. The van der Waals surface area contributed by atoms with E-state index in [-0.39, 0.29) is 5.96 Å². The number of hydroxylamine groups is 1. The molecule has 2 aromatic carbocycles. The minimum absolute atomic E-state index is 0.378. The first-order valence-corrected chi connectivity index (χ1v) is 4.68. The van der Waals surface area contributed by atoms with Gasteiger partial charge < -0.3 is 10.9 Å². The Morgan fingerprint density at radius 1 is 1.12 bits per heavy atom. The summed E-state index contributed by atoms with van der Waals surface area (Å²) >= 11 is 0. The lowest BCUT2D eigenvalue weighted by Crippen LogP contribution is -2.34. The molecule has 0 saturated heterocycles. The Balaban J connectivity index is 2.60. The third kappa shape index (κ3) is 1.64. The van der Waals surface area contributed by atoms with Gasteiger partial charge >= 0.3 is 0 Å². The van der Waals surface area contributed by atoms with Crippen molar-refractivity contribution in [1.29, 1.82) is 0 Å². The molecule has 0 amide bonds. The molecule has 0 heterocycles. The van der Waals surface area contributed by atoms with E-state index in [9.17, 15) is 5.21 Å². The van der Waals surface area contributed by atoms with Crippen molar-refractivity contribution in [2.24, 2.45) is 10.9 Å². The fraction of sp³-hybridized carbons (Fsp3) is 0. The molecule has 0 aromatic heterocycles. The second-order valence-corrected chi connectivity index (χ2v) is 3.27. The highest BCUT2D eigenvalue weighted by Gasteiger charge is 2.10. The molecule has 0 unspecified atom stereocenters. The lowest BCUT2D eigenvalue weighted by atomic mass is 10.1. The Hall–Kier alpha value is -2.27. The molecule has 0 aliphatic carbocycles. The zero-order valence-electron chi connectivity index (χ0n) is 8.41. The van der Waals surface area contributed by atoms with E-state index < -0.39 is 0 Å².